The molecular formula is C55H56N6O2S4. The van der Waals surface area contributed by atoms with Crippen LogP contribution >= 0.6 is 45.3 Å². The Labute approximate surface area is 409 Å². The SMILES string of the molecule is CCCCC(CC)CC1(CC(CC)CCCC)c2cc(-c3ccc(/C=c4\sc(=C(C#N)C#N)n(CC)c4=O)s3)ccc2-c2ccc(-c3ccc(/C=c4\sc(=C(C#N)C#N)n(CC)c4=O)s3)cc21. The van der Waals surface area contributed by atoms with Gasteiger partial charge >= 0.3 is 0 Å². The molecule has 0 radical (unpaired) electrons. The summed E-state index contributed by atoms with van der Waals surface area (Å²) in [5, 5.41) is 38.4. The third kappa shape index (κ3) is 9.78. The monoisotopic (exact) mass is 960 g/mol. The molecule has 1 aliphatic carbocycles. The van der Waals surface area contributed by atoms with E-state index in [1.165, 1.54) is 92.6 Å². The fourth-order valence-corrected chi connectivity index (χ4v) is 14.1. The number of rotatable bonds is 18. The summed E-state index contributed by atoms with van der Waals surface area (Å²) in [5.41, 5.74) is 6.98. The molecule has 0 N–H and O–H groups in total. The van der Waals surface area contributed by atoms with Gasteiger partial charge in [0.15, 0.2) is 11.1 Å². The number of aromatic nitrogens is 2. The van der Waals surface area contributed by atoms with E-state index in [-0.39, 0.29) is 27.7 Å². The van der Waals surface area contributed by atoms with Gasteiger partial charge in [-0.3, -0.25) is 18.7 Å². The quantitative estimate of drug-likeness (QED) is 0.0840. The second-order valence-electron chi connectivity index (χ2n) is 17.4. The van der Waals surface area contributed by atoms with Gasteiger partial charge in [0.2, 0.25) is 0 Å². The van der Waals surface area contributed by atoms with Crippen molar-refractivity contribution in [3.05, 3.63) is 121 Å². The van der Waals surface area contributed by atoms with Gasteiger partial charge in [0.25, 0.3) is 11.1 Å². The second kappa shape index (κ2) is 21.8. The third-order valence-corrected chi connectivity index (χ3v) is 17.8. The van der Waals surface area contributed by atoms with Gasteiger partial charge in [-0.05, 0) is 120 Å². The number of nitrogens with zero attached hydrogens (tertiary/aromatic N) is 6. The summed E-state index contributed by atoms with van der Waals surface area (Å²) in [5.74, 6) is 1.09. The summed E-state index contributed by atoms with van der Waals surface area (Å²) >= 11 is 5.68. The summed E-state index contributed by atoms with van der Waals surface area (Å²) in [7, 11) is 0. The van der Waals surface area contributed by atoms with Crippen molar-refractivity contribution < 1.29 is 0 Å². The van der Waals surface area contributed by atoms with Crippen LogP contribution in [0, 0.1) is 57.2 Å². The van der Waals surface area contributed by atoms with E-state index in [9.17, 15) is 30.6 Å². The molecule has 0 saturated heterocycles. The lowest BCUT2D eigenvalue weighted by atomic mass is 9.65. The summed E-state index contributed by atoms with van der Waals surface area (Å²) in [6.07, 6.45) is 15.3. The molecule has 7 rings (SSSR count). The molecule has 0 spiro atoms. The van der Waals surface area contributed by atoms with Crippen LogP contribution in [0.15, 0.2) is 70.3 Å². The van der Waals surface area contributed by atoms with Gasteiger partial charge in [-0.15, -0.1) is 45.3 Å². The highest BCUT2D eigenvalue weighted by atomic mass is 32.1. The molecule has 0 bridgehead atoms. The minimum absolute atomic E-state index is 0.0516. The van der Waals surface area contributed by atoms with Crippen LogP contribution < -0.4 is 29.5 Å². The third-order valence-electron chi connectivity index (χ3n) is 13.4. The van der Waals surface area contributed by atoms with E-state index >= 15 is 0 Å². The Morgan fingerprint density at radius 3 is 1.33 bits per heavy atom. The molecule has 342 valence electrons. The minimum atomic E-state index is -0.222. The zero-order valence-electron chi connectivity index (χ0n) is 39.2. The lowest BCUT2D eigenvalue weighted by Gasteiger charge is -2.39. The number of benzene rings is 2. The highest BCUT2D eigenvalue weighted by Crippen LogP contribution is 2.58. The fourth-order valence-electron chi connectivity index (χ4n) is 9.85. The van der Waals surface area contributed by atoms with E-state index in [4.69, 9.17) is 0 Å². The van der Waals surface area contributed by atoms with E-state index in [1.54, 1.807) is 22.7 Å². The summed E-state index contributed by atoms with van der Waals surface area (Å²) in [6, 6.07) is 30.3. The molecule has 8 nitrogen and oxygen atoms in total. The Balaban J connectivity index is 1.38. The maximum absolute atomic E-state index is 13.5. The average molecular weight is 961 g/mol. The second-order valence-corrected chi connectivity index (χ2v) is 21.7. The van der Waals surface area contributed by atoms with Gasteiger partial charge in [-0.25, -0.2) is 0 Å². The highest BCUT2D eigenvalue weighted by Gasteiger charge is 2.45. The van der Waals surface area contributed by atoms with Crippen molar-refractivity contribution in [2.75, 3.05) is 0 Å². The number of fused-ring (bicyclic) bond motifs is 3. The van der Waals surface area contributed by atoms with Crippen LogP contribution in [0.5, 0.6) is 0 Å². The van der Waals surface area contributed by atoms with Gasteiger partial charge in [-0.2, -0.15) is 21.0 Å². The molecule has 2 unspecified atom stereocenters. The predicted molar refractivity (Wildman–Crippen MR) is 279 cm³/mol. The molecule has 0 saturated carbocycles. The Bertz CT molecular complexity index is 3110. The molecule has 1 aliphatic rings. The summed E-state index contributed by atoms with van der Waals surface area (Å²) < 4.78 is 4.81. The van der Waals surface area contributed by atoms with Gasteiger partial charge in [-0.1, -0.05) is 103 Å². The number of hydrogen-bond donors (Lipinski definition) is 0. The standard InChI is InChI=1S/C55H56N6O2S4/c1-7-13-15-35(9-3)29-55(30-36(10-4)16-14-8-2)45-25-37(47-23-19-41(64-47)27-49-51(62)60(11-5)53(66-49)39(31-56)32-57)17-21-43(45)44-22-18-38(26-46(44)55)48-24-20-42(65-48)28-50-52(63)61(12-6)54(67-50)40(33-58)34-59/h17-28,35-36H,7-16,29-30H2,1-6H3/b49-27-,50-28-. The molecule has 6 aromatic rings. The zero-order chi connectivity index (χ0) is 47.8. The molecule has 4 heterocycles. The maximum Gasteiger partial charge on any atom is 0.269 e. The lowest BCUT2D eigenvalue weighted by Crippen LogP contribution is -2.31. The predicted octanol–water partition coefficient (Wildman–Crippen LogP) is 11.2. The first-order valence-corrected chi connectivity index (χ1v) is 26.8. The minimum Gasteiger partial charge on any atom is -0.298 e. The van der Waals surface area contributed by atoms with E-state index in [0.29, 0.717) is 43.3 Å². The van der Waals surface area contributed by atoms with Crippen LogP contribution in [-0.2, 0) is 18.5 Å². The van der Waals surface area contributed by atoms with Crippen molar-refractivity contribution in [2.45, 2.75) is 124 Å². The van der Waals surface area contributed by atoms with E-state index < -0.39 is 0 Å². The number of hydrogen-bond acceptors (Lipinski definition) is 10. The Kier molecular flexibility index (Phi) is 16.0. The zero-order valence-corrected chi connectivity index (χ0v) is 42.5. The Hall–Kier alpha value is -5.86. The van der Waals surface area contributed by atoms with Crippen molar-refractivity contribution >= 4 is 68.6 Å². The molecule has 0 fully saturated rings. The van der Waals surface area contributed by atoms with Gasteiger partial charge in [0, 0.05) is 38.0 Å². The topological polar surface area (TPSA) is 139 Å². The Morgan fingerprint density at radius 1 is 0.582 bits per heavy atom. The van der Waals surface area contributed by atoms with Crippen molar-refractivity contribution in [1.82, 2.24) is 9.13 Å². The largest absolute Gasteiger partial charge is 0.298 e. The van der Waals surface area contributed by atoms with Crippen LogP contribution in [0.3, 0.4) is 0 Å². The van der Waals surface area contributed by atoms with Crippen LogP contribution in [0.25, 0.3) is 55.3 Å². The van der Waals surface area contributed by atoms with Crippen molar-refractivity contribution in [3.63, 3.8) is 0 Å². The smallest absolute Gasteiger partial charge is 0.269 e. The number of nitriles is 4. The first-order chi connectivity index (χ1) is 32.5. The van der Waals surface area contributed by atoms with E-state index in [1.807, 2.05) is 50.3 Å². The van der Waals surface area contributed by atoms with Crippen molar-refractivity contribution in [2.24, 2.45) is 11.8 Å². The summed E-state index contributed by atoms with van der Waals surface area (Å²) in [6.45, 7) is 13.7. The van der Waals surface area contributed by atoms with Crippen LogP contribution in [0.1, 0.15) is 127 Å². The van der Waals surface area contributed by atoms with Gasteiger partial charge in [0.1, 0.15) is 33.6 Å². The van der Waals surface area contributed by atoms with E-state index in [2.05, 4.69) is 88.4 Å². The van der Waals surface area contributed by atoms with Gasteiger partial charge in [0.05, 0.1) is 9.06 Å². The molecular weight excluding hydrogens is 905 g/mol. The van der Waals surface area contributed by atoms with Crippen molar-refractivity contribution in [1.29, 1.82) is 21.0 Å². The number of unbranched alkanes of at least 4 members (excludes halogenated alkanes) is 2. The fraction of sp³-hybridized carbons (Fsp3) is 0.382. The molecule has 0 aliphatic heterocycles. The first kappa shape index (κ1) is 49.1. The van der Waals surface area contributed by atoms with Crippen LogP contribution in [-0.4, -0.2) is 9.13 Å². The number of thiazole rings is 2. The molecule has 12 heteroatoms. The van der Waals surface area contributed by atoms with E-state index in [0.717, 1.165) is 56.3 Å². The molecule has 67 heavy (non-hydrogen) atoms. The lowest BCUT2D eigenvalue weighted by molar-refractivity contribution is 0.266. The number of thiophene rings is 2. The first-order valence-electron chi connectivity index (χ1n) is 23.6. The van der Waals surface area contributed by atoms with Gasteiger partial charge < -0.3 is 0 Å². The molecule has 2 atom stereocenters. The molecule has 2 aromatic carbocycles. The molecule has 4 aromatic heterocycles. The van der Waals surface area contributed by atoms with Crippen LogP contribution in [0.2, 0.25) is 0 Å². The normalized spacial score (nSPS) is 13.9. The molecule has 0 amide bonds. The van der Waals surface area contributed by atoms with Crippen molar-refractivity contribution in [3.8, 4) is 56.3 Å². The average Bonchev–Trinajstić information content (AvgIpc) is 4.18. The summed E-state index contributed by atoms with van der Waals surface area (Å²) in [4.78, 5) is 31.0. The van der Waals surface area contributed by atoms with Crippen LogP contribution in [0.4, 0.5) is 0 Å². The maximum atomic E-state index is 13.5. The Morgan fingerprint density at radius 2 is 0.985 bits per heavy atom. The highest BCUT2D eigenvalue weighted by molar-refractivity contribution is 7.17.